The van der Waals surface area contributed by atoms with Crippen LogP contribution < -0.4 is 0 Å². The Kier molecular flexibility index (Phi) is 1.74. The molecule has 0 saturated heterocycles. The van der Waals surface area contributed by atoms with Gasteiger partial charge in [-0.15, -0.1) is 0 Å². The van der Waals surface area contributed by atoms with Crippen molar-refractivity contribution in [2.24, 2.45) is 0 Å². The van der Waals surface area contributed by atoms with Gasteiger partial charge in [-0.05, 0) is 12.5 Å². The molecule has 0 saturated carbocycles. The fraction of sp³-hybridized carbons (Fsp3) is 0.600. The number of rotatable bonds is 0. The van der Waals surface area contributed by atoms with Gasteiger partial charge in [-0.2, -0.15) is 0 Å². The molecule has 1 aliphatic heterocycles. The molecule has 1 atom stereocenters. The van der Waals surface area contributed by atoms with Crippen molar-refractivity contribution in [2.75, 3.05) is 6.61 Å². The van der Waals surface area contributed by atoms with E-state index in [0.29, 0.717) is 4.83 Å². The minimum Gasteiger partial charge on any atom is -0.500 e. The zero-order chi connectivity index (χ0) is 5.11. The molecule has 0 aromatic heterocycles. The van der Waals surface area contributed by atoms with Crippen molar-refractivity contribution in [1.29, 1.82) is 0 Å². The van der Waals surface area contributed by atoms with E-state index in [1.807, 2.05) is 6.08 Å². The van der Waals surface area contributed by atoms with Crippen molar-refractivity contribution >= 4 is 15.9 Å². The number of hydrogen-bond donors (Lipinski definition) is 0. The first kappa shape index (κ1) is 5.16. The molecule has 40 valence electrons. The van der Waals surface area contributed by atoms with Gasteiger partial charge in [-0.25, -0.2) is 0 Å². The highest BCUT2D eigenvalue weighted by molar-refractivity contribution is 9.09. The molecule has 0 aromatic carbocycles. The van der Waals surface area contributed by atoms with Crippen molar-refractivity contribution in [3.05, 3.63) is 12.3 Å². The number of allylic oxidation sites excluding steroid dienone is 1. The standard InChI is InChI=1S/C5H7BrO/c6-5-2-1-3-7-4-5/h1,3,5H,2,4H2. The van der Waals surface area contributed by atoms with Crippen molar-refractivity contribution < 1.29 is 4.74 Å². The second-order valence-electron chi connectivity index (χ2n) is 1.54. The lowest BCUT2D eigenvalue weighted by atomic mass is 10.3. The van der Waals surface area contributed by atoms with Crippen LogP contribution in [0.1, 0.15) is 6.42 Å². The molecule has 0 fully saturated rings. The number of halogens is 1. The quantitative estimate of drug-likeness (QED) is 0.493. The van der Waals surface area contributed by atoms with E-state index in [2.05, 4.69) is 15.9 Å². The summed E-state index contributed by atoms with van der Waals surface area (Å²) in [5.41, 5.74) is 0. The Morgan fingerprint density at radius 2 is 2.57 bits per heavy atom. The predicted molar refractivity (Wildman–Crippen MR) is 32.4 cm³/mol. The van der Waals surface area contributed by atoms with Gasteiger partial charge in [0.1, 0.15) is 6.61 Å². The van der Waals surface area contributed by atoms with Crippen LogP contribution in [0.3, 0.4) is 0 Å². The smallest absolute Gasteiger partial charge is 0.100 e. The van der Waals surface area contributed by atoms with Gasteiger partial charge in [0.25, 0.3) is 0 Å². The van der Waals surface area contributed by atoms with Gasteiger partial charge in [0, 0.05) is 0 Å². The minimum absolute atomic E-state index is 0.539. The lowest BCUT2D eigenvalue weighted by Crippen LogP contribution is -2.07. The van der Waals surface area contributed by atoms with Crippen LogP contribution in [0.4, 0.5) is 0 Å². The van der Waals surface area contributed by atoms with Gasteiger partial charge in [-0.3, -0.25) is 0 Å². The van der Waals surface area contributed by atoms with Crippen LogP contribution in [-0.4, -0.2) is 11.4 Å². The van der Waals surface area contributed by atoms with Gasteiger partial charge in [-0.1, -0.05) is 15.9 Å². The van der Waals surface area contributed by atoms with E-state index in [1.54, 1.807) is 6.26 Å². The molecule has 7 heavy (non-hydrogen) atoms. The highest BCUT2D eigenvalue weighted by Gasteiger charge is 2.03. The maximum atomic E-state index is 4.95. The fourth-order valence-corrected chi connectivity index (χ4v) is 0.868. The Labute approximate surface area is 51.5 Å². The third-order valence-electron chi connectivity index (χ3n) is 0.861. The predicted octanol–water partition coefficient (Wildman–Crippen LogP) is 1.68. The Morgan fingerprint density at radius 3 is 2.86 bits per heavy atom. The maximum Gasteiger partial charge on any atom is 0.100 e. The summed E-state index contributed by atoms with van der Waals surface area (Å²) in [5, 5.41) is 0. The highest BCUT2D eigenvalue weighted by atomic mass is 79.9. The largest absolute Gasteiger partial charge is 0.500 e. The summed E-state index contributed by atoms with van der Waals surface area (Å²) >= 11 is 3.41. The molecule has 1 unspecified atom stereocenters. The first-order valence-corrected chi connectivity index (χ1v) is 3.22. The van der Waals surface area contributed by atoms with Crippen LogP contribution in [-0.2, 0) is 4.74 Å². The highest BCUT2D eigenvalue weighted by Crippen LogP contribution is 2.10. The molecule has 0 aromatic rings. The molecule has 1 aliphatic rings. The van der Waals surface area contributed by atoms with E-state index >= 15 is 0 Å². The molecular weight excluding hydrogens is 156 g/mol. The lowest BCUT2D eigenvalue weighted by Gasteiger charge is -2.10. The van der Waals surface area contributed by atoms with Crippen molar-refractivity contribution in [3.8, 4) is 0 Å². The average Bonchev–Trinajstić information content (AvgIpc) is 1.69. The van der Waals surface area contributed by atoms with Crippen LogP contribution in [0.15, 0.2) is 12.3 Å². The van der Waals surface area contributed by atoms with Crippen LogP contribution >= 0.6 is 15.9 Å². The van der Waals surface area contributed by atoms with E-state index in [1.165, 1.54) is 0 Å². The van der Waals surface area contributed by atoms with Gasteiger partial charge < -0.3 is 4.74 Å². The first-order valence-electron chi connectivity index (χ1n) is 2.30. The number of hydrogen-bond acceptors (Lipinski definition) is 1. The maximum absolute atomic E-state index is 4.95. The molecule has 0 bridgehead atoms. The van der Waals surface area contributed by atoms with E-state index in [9.17, 15) is 0 Å². The molecule has 2 heteroatoms. The van der Waals surface area contributed by atoms with Crippen LogP contribution in [0.5, 0.6) is 0 Å². The van der Waals surface area contributed by atoms with Crippen molar-refractivity contribution in [3.63, 3.8) is 0 Å². The summed E-state index contributed by atoms with van der Waals surface area (Å²) in [5.74, 6) is 0. The summed E-state index contributed by atoms with van der Waals surface area (Å²) in [6, 6.07) is 0. The van der Waals surface area contributed by atoms with Crippen molar-refractivity contribution in [1.82, 2.24) is 0 Å². The topological polar surface area (TPSA) is 9.23 Å². The molecule has 0 aliphatic carbocycles. The van der Waals surface area contributed by atoms with Gasteiger partial charge >= 0.3 is 0 Å². The molecule has 1 nitrogen and oxygen atoms in total. The van der Waals surface area contributed by atoms with Crippen LogP contribution in [0.2, 0.25) is 0 Å². The van der Waals surface area contributed by atoms with Crippen LogP contribution in [0.25, 0.3) is 0 Å². The van der Waals surface area contributed by atoms with Crippen LogP contribution in [0, 0.1) is 0 Å². The van der Waals surface area contributed by atoms with Gasteiger partial charge in [0.05, 0.1) is 11.1 Å². The third kappa shape index (κ3) is 1.51. The lowest BCUT2D eigenvalue weighted by molar-refractivity contribution is 0.238. The minimum atomic E-state index is 0.539. The molecule has 1 heterocycles. The fourth-order valence-electron chi connectivity index (χ4n) is 0.499. The second kappa shape index (κ2) is 2.36. The van der Waals surface area contributed by atoms with E-state index in [4.69, 9.17) is 4.74 Å². The molecular formula is C5H7BrO. The molecule has 0 spiro atoms. The van der Waals surface area contributed by atoms with Gasteiger partial charge in [0.15, 0.2) is 0 Å². The summed E-state index contributed by atoms with van der Waals surface area (Å²) in [4.78, 5) is 0.539. The molecule has 1 rings (SSSR count). The van der Waals surface area contributed by atoms with Crippen molar-refractivity contribution in [2.45, 2.75) is 11.2 Å². The van der Waals surface area contributed by atoms with E-state index < -0.39 is 0 Å². The Balaban J connectivity index is 2.32. The monoisotopic (exact) mass is 162 g/mol. The van der Waals surface area contributed by atoms with Gasteiger partial charge in [0.2, 0.25) is 0 Å². The Morgan fingerprint density at radius 1 is 1.71 bits per heavy atom. The molecule has 0 N–H and O–H groups in total. The third-order valence-corrected chi connectivity index (χ3v) is 1.50. The Bertz CT molecular complexity index is 80.1. The van der Waals surface area contributed by atoms with E-state index in [0.717, 1.165) is 13.0 Å². The normalized spacial score (nSPS) is 29.6. The second-order valence-corrected chi connectivity index (χ2v) is 2.83. The molecule has 0 radical (unpaired) electrons. The Hall–Kier alpha value is 0.0200. The summed E-state index contributed by atoms with van der Waals surface area (Å²) < 4.78 is 4.95. The SMILES string of the molecule is BrC1CC=COC1. The summed E-state index contributed by atoms with van der Waals surface area (Å²) in [6.07, 6.45) is 4.86. The summed E-state index contributed by atoms with van der Waals surface area (Å²) in [7, 11) is 0. The zero-order valence-corrected chi connectivity index (χ0v) is 5.52. The first-order chi connectivity index (χ1) is 3.39. The average molecular weight is 163 g/mol. The number of alkyl halides is 1. The number of ether oxygens (including phenoxy) is 1. The molecule has 0 amide bonds. The summed E-state index contributed by atoms with van der Waals surface area (Å²) in [6.45, 7) is 0.816. The van der Waals surface area contributed by atoms with E-state index in [-0.39, 0.29) is 0 Å². The zero-order valence-electron chi connectivity index (χ0n) is 3.93.